The number of aromatic nitrogens is 1. The molecule has 6 rings (SSSR count). The molecule has 226 valence electrons. The van der Waals surface area contributed by atoms with Crippen LogP contribution in [-0.4, -0.2) is 48.1 Å². The van der Waals surface area contributed by atoms with Crippen LogP contribution in [0.2, 0.25) is 0 Å². The van der Waals surface area contributed by atoms with E-state index in [-0.39, 0.29) is 30.1 Å². The molecule has 2 aliphatic heterocycles. The Morgan fingerprint density at radius 2 is 1.70 bits per heavy atom. The van der Waals surface area contributed by atoms with Crippen molar-refractivity contribution in [3.63, 3.8) is 0 Å². The second kappa shape index (κ2) is 11.9. The number of carbonyl (C=O) groups is 2. The molecule has 2 amide bonds. The van der Waals surface area contributed by atoms with Crippen molar-refractivity contribution in [1.29, 1.82) is 0 Å². The fourth-order valence-corrected chi connectivity index (χ4v) is 6.97. The van der Waals surface area contributed by atoms with E-state index in [1.807, 2.05) is 6.07 Å². The SMILES string of the molecule is COc1ccc([C@H]2CC[C@H](C(N)=O)CC2)cc1-c1ccc(N2CCC2)nc1CN1C(=O)OC(c2cc(C)cc(C)c2)C1C. The molecular weight excluding hydrogens is 540 g/mol. The fourth-order valence-electron chi connectivity index (χ4n) is 6.97. The molecule has 2 N–H and O–H groups in total. The molecule has 2 atom stereocenters. The van der Waals surface area contributed by atoms with Gasteiger partial charge in [-0.15, -0.1) is 0 Å². The molecule has 0 spiro atoms. The van der Waals surface area contributed by atoms with Gasteiger partial charge in [0.25, 0.3) is 0 Å². The molecule has 8 nitrogen and oxygen atoms in total. The van der Waals surface area contributed by atoms with E-state index >= 15 is 0 Å². The average molecular weight is 583 g/mol. The van der Waals surface area contributed by atoms with Gasteiger partial charge in [0.05, 0.1) is 25.4 Å². The number of pyridine rings is 1. The quantitative estimate of drug-likeness (QED) is 0.329. The second-order valence-electron chi connectivity index (χ2n) is 12.5. The monoisotopic (exact) mass is 582 g/mol. The van der Waals surface area contributed by atoms with E-state index in [9.17, 15) is 9.59 Å². The zero-order valence-electron chi connectivity index (χ0n) is 25.6. The molecule has 3 heterocycles. The average Bonchev–Trinajstić information content (AvgIpc) is 3.24. The maximum atomic E-state index is 13.3. The number of ether oxygens (including phenoxy) is 2. The van der Waals surface area contributed by atoms with Crippen molar-refractivity contribution in [2.24, 2.45) is 11.7 Å². The van der Waals surface area contributed by atoms with Crippen LogP contribution < -0.4 is 15.4 Å². The summed E-state index contributed by atoms with van der Waals surface area (Å²) in [5, 5.41) is 0. The number of primary amides is 1. The standard InChI is InChI=1S/C35H42N4O4/c1-21-16-22(2)18-27(17-21)33-23(3)39(35(41)43-33)20-30-28(11-13-32(37-30)38-14-5-15-38)29-19-26(10-12-31(29)42-4)24-6-8-25(9-7-24)34(36)40/h10-13,16-19,23-25,33H,5-9,14-15,20H2,1-4H3,(H2,36,40)/t23?,24-,25-,33?. The fraction of sp³-hybridized carbons (Fsp3) is 0.457. The summed E-state index contributed by atoms with van der Waals surface area (Å²) in [6.45, 7) is 8.48. The van der Waals surface area contributed by atoms with Gasteiger partial charge in [0, 0.05) is 30.1 Å². The molecule has 0 radical (unpaired) electrons. The van der Waals surface area contributed by atoms with Crippen LogP contribution in [-0.2, 0) is 16.1 Å². The lowest BCUT2D eigenvalue weighted by atomic mass is 9.78. The highest BCUT2D eigenvalue weighted by Gasteiger charge is 2.40. The summed E-state index contributed by atoms with van der Waals surface area (Å²) in [5.41, 5.74) is 12.9. The summed E-state index contributed by atoms with van der Waals surface area (Å²) in [6.07, 6.45) is 3.96. The number of nitrogens with two attached hydrogens (primary N) is 1. The van der Waals surface area contributed by atoms with Crippen molar-refractivity contribution in [3.05, 3.63) is 76.5 Å². The molecule has 1 aliphatic carbocycles. The predicted molar refractivity (Wildman–Crippen MR) is 167 cm³/mol. The van der Waals surface area contributed by atoms with E-state index < -0.39 is 0 Å². The van der Waals surface area contributed by atoms with Gasteiger partial charge in [-0.3, -0.25) is 9.69 Å². The van der Waals surface area contributed by atoms with Gasteiger partial charge in [-0.05, 0) is 94.2 Å². The lowest BCUT2D eigenvalue weighted by Crippen LogP contribution is -2.38. The van der Waals surface area contributed by atoms with Crippen LogP contribution in [0.4, 0.5) is 10.6 Å². The first kappa shape index (κ1) is 29.0. The smallest absolute Gasteiger partial charge is 0.411 e. The van der Waals surface area contributed by atoms with Gasteiger partial charge in [-0.25, -0.2) is 9.78 Å². The van der Waals surface area contributed by atoms with Crippen LogP contribution in [0.1, 0.15) is 79.0 Å². The molecule has 3 aliphatic rings. The topological polar surface area (TPSA) is 98.0 Å². The van der Waals surface area contributed by atoms with Crippen LogP contribution in [0.3, 0.4) is 0 Å². The minimum atomic E-state index is -0.346. The third-order valence-corrected chi connectivity index (χ3v) is 9.54. The molecule has 2 saturated heterocycles. The Kier molecular flexibility index (Phi) is 8.03. The Morgan fingerprint density at radius 1 is 0.977 bits per heavy atom. The molecule has 3 fully saturated rings. The molecule has 0 bridgehead atoms. The normalized spacial score (nSPS) is 23.6. The summed E-state index contributed by atoms with van der Waals surface area (Å²) in [4.78, 5) is 34.3. The maximum absolute atomic E-state index is 13.3. The summed E-state index contributed by atoms with van der Waals surface area (Å²) in [7, 11) is 1.69. The van der Waals surface area contributed by atoms with Crippen molar-refractivity contribution >= 4 is 17.8 Å². The molecular formula is C35H42N4O4. The number of cyclic esters (lactones) is 1. The van der Waals surface area contributed by atoms with Gasteiger partial charge in [-0.1, -0.05) is 35.4 Å². The molecule has 3 aromatic rings. The number of carbonyl (C=O) groups excluding carboxylic acids is 2. The van der Waals surface area contributed by atoms with Crippen LogP contribution >= 0.6 is 0 Å². The number of aryl methyl sites for hydroxylation is 2. The van der Waals surface area contributed by atoms with E-state index in [1.54, 1.807) is 12.0 Å². The molecule has 1 aromatic heterocycles. The van der Waals surface area contributed by atoms with Crippen molar-refractivity contribution < 1.29 is 19.1 Å². The van der Waals surface area contributed by atoms with E-state index in [2.05, 4.69) is 68.1 Å². The van der Waals surface area contributed by atoms with Crippen LogP contribution in [0.25, 0.3) is 11.1 Å². The van der Waals surface area contributed by atoms with Crippen molar-refractivity contribution in [3.8, 4) is 16.9 Å². The minimum absolute atomic E-state index is 0.0337. The van der Waals surface area contributed by atoms with Crippen LogP contribution in [0, 0.1) is 19.8 Å². The number of rotatable bonds is 8. The van der Waals surface area contributed by atoms with Gasteiger partial charge in [-0.2, -0.15) is 0 Å². The number of hydrogen-bond acceptors (Lipinski definition) is 6. The Bertz CT molecular complexity index is 1510. The van der Waals surface area contributed by atoms with Gasteiger partial charge in [0.15, 0.2) is 0 Å². The zero-order chi connectivity index (χ0) is 30.2. The molecule has 2 aromatic carbocycles. The number of anilines is 1. The summed E-state index contributed by atoms with van der Waals surface area (Å²) in [5.74, 6) is 1.81. The summed E-state index contributed by atoms with van der Waals surface area (Å²) < 4.78 is 11.8. The highest BCUT2D eigenvalue weighted by molar-refractivity contribution is 5.77. The summed E-state index contributed by atoms with van der Waals surface area (Å²) >= 11 is 0. The predicted octanol–water partition coefficient (Wildman–Crippen LogP) is 6.43. The van der Waals surface area contributed by atoms with E-state index in [4.69, 9.17) is 20.2 Å². The number of hydrogen-bond donors (Lipinski definition) is 1. The lowest BCUT2D eigenvalue weighted by Gasteiger charge is -2.33. The molecule has 8 heteroatoms. The van der Waals surface area contributed by atoms with Crippen molar-refractivity contribution in [2.75, 3.05) is 25.1 Å². The molecule has 1 saturated carbocycles. The van der Waals surface area contributed by atoms with Gasteiger partial charge >= 0.3 is 6.09 Å². The third-order valence-electron chi connectivity index (χ3n) is 9.54. The third kappa shape index (κ3) is 5.79. The number of benzene rings is 2. The van der Waals surface area contributed by atoms with Crippen molar-refractivity contribution in [1.82, 2.24) is 9.88 Å². The first-order valence-electron chi connectivity index (χ1n) is 15.5. The Labute approximate surface area is 254 Å². The second-order valence-corrected chi connectivity index (χ2v) is 12.5. The maximum Gasteiger partial charge on any atom is 0.411 e. The summed E-state index contributed by atoms with van der Waals surface area (Å²) in [6, 6.07) is 16.7. The number of amides is 2. The van der Waals surface area contributed by atoms with Crippen LogP contribution in [0.15, 0.2) is 48.5 Å². The van der Waals surface area contributed by atoms with Gasteiger partial charge in [0.1, 0.15) is 17.7 Å². The first-order chi connectivity index (χ1) is 20.7. The highest BCUT2D eigenvalue weighted by atomic mass is 16.6. The van der Waals surface area contributed by atoms with Crippen molar-refractivity contribution in [2.45, 2.75) is 77.5 Å². The van der Waals surface area contributed by atoms with E-state index in [1.165, 1.54) is 5.56 Å². The zero-order valence-corrected chi connectivity index (χ0v) is 25.6. The van der Waals surface area contributed by atoms with E-state index in [0.29, 0.717) is 12.5 Å². The van der Waals surface area contributed by atoms with E-state index in [0.717, 1.165) is 90.3 Å². The highest BCUT2D eigenvalue weighted by Crippen LogP contribution is 2.42. The minimum Gasteiger partial charge on any atom is -0.496 e. The Balaban J connectivity index is 1.34. The molecule has 2 unspecified atom stereocenters. The van der Waals surface area contributed by atoms with Crippen LogP contribution in [0.5, 0.6) is 5.75 Å². The molecule has 43 heavy (non-hydrogen) atoms. The number of methoxy groups -OCH3 is 1. The van der Waals surface area contributed by atoms with Gasteiger partial charge < -0.3 is 20.1 Å². The Hall–Kier alpha value is -4.07. The first-order valence-corrected chi connectivity index (χ1v) is 15.5. The number of nitrogens with zero attached hydrogens (tertiary/aromatic N) is 3. The largest absolute Gasteiger partial charge is 0.496 e. The Morgan fingerprint density at radius 3 is 2.33 bits per heavy atom. The van der Waals surface area contributed by atoms with Gasteiger partial charge in [0.2, 0.25) is 5.91 Å². The lowest BCUT2D eigenvalue weighted by molar-refractivity contribution is -0.122.